The maximum absolute atomic E-state index is 11.4. The van der Waals surface area contributed by atoms with Crippen molar-refractivity contribution in [3.8, 4) is 0 Å². The highest BCUT2D eigenvalue weighted by molar-refractivity contribution is 6.31. The average Bonchev–Trinajstić information content (AvgIpc) is 2.21. The molecule has 16 heavy (non-hydrogen) atoms. The molecule has 88 valence electrons. The van der Waals surface area contributed by atoms with Crippen LogP contribution < -0.4 is 11.1 Å². The van der Waals surface area contributed by atoms with Crippen molar-refractivity contribution in [1.82, 2.24) is 5.32 Å². The molecule has 1 unspecified atom stereocenters. The minimum atomic E-state index is -0.478. The first-order valence-corrected chi connectivity index (χ1v) is 5.68. The maximum Gasteiger partial charge on any atom is 0.236 e. The quantitative estimate of drug-likeness (QED) is 0.842. The van der Waals surface area contributed by atoms with Gasteiger partial charge in [-0.2, -0.15) is 0 Å². The number of halogens is 1. The van der Waals surface area contributed by atoms with E-state index in [2.05, 4.69) is 5.32 Å². The van der Waals surface area contributed by atoms with Gasteiger partial charge in [-0.15, -0.1) is 0 Å². The highest BCUT2D eigenvalue weighted by Crippen LogP contribution is 2.16. The van der Waals surface area contributed by atoms with Gasteiger partial charge in [0.05, 0.1) is 6.04 Å². The van der Waals surface area contributed by atoms with Gasteiger partial charge >= 0.3 is 0 Å². The largest absolute Gasteiger partial charge is 0.352 e. The molecule has 0 bridgehead atoms. The van der Waals surface area contributed by atoms with E-state index in [0.717, 1.165) is 10.6 Å². The molecular formula is C12H17ClN2O. The van der Waals surface area contributed by atoms with Gasteiger partial charge in [-0.1, -0.05) is 29.8 Å². The predicted molar refractivity (Wildman–Crippen MR) is 66.4 cm³/mol. The van der Waals surface area contributed by atoms with Crippen LogP contribution in [0.2, 0.25) is 5.02 Å². The number of carbonyl (C=O) groups is 1. The second-order valence-electron chi connectivity index (χ2n) is 3.99. The third-order valence-electron chi connectivity index (χ3n) is 2.29. The lowest BCUT2D eigenvalue weighted by Gasteiger charge is -2.16. The topological polar surface area (TPSA) is 55.1 Å². The molecule has 1 rings (SSSR count). The zero-order valence-corrected chi connectivity index (χ0v) is 10.3. The Balaban J connectivity index is 2.55. The summed E-state index contributed by atoms with van der Waals surface area (Å²) < 4.78 is 0. The fourth-order valence-corrected chi connectivity index (χ4v) is 1.63. The summed E-state index contributed by atoms with van der Waals surface area (Å²) in [4.78, 5) is 11.4. The Bertz CT molecular complexity index is 366. The van der Waals surface area contributed by atoms with Crippen molar-refractivity contribution >= 4 is 17.5 Å². The molecule has 0 aliphatic carbocycles. The van der Waals surface area contributed by atoms with E-state index in [1.165, 1.54) is 0 Å². The van der Waals surface area contributed by atoms with E-state index in [9.17, 15) is 4.79 Å². The molecule has 2 atom stereocenters. The van der Waals surface area contributed by atoms with Crippen LogP contribution in [0.4, 0.5) is 0 Å². The third kappa shape index (κ3) is 3.83. The van der Waals surface area contributed by atoms with Gasteiger partial charge in [0.2, 0.25) is 5.91 Å². The summed E-state index contributed by atoms with van der Waals surface area (Å²) in [6.45, 7) is 3.60. The van der Waals surface area contributed by atoms with Gasteiger partial charge in [0, 0.05) is 11.1 Å². The molecule has 0 saturated carbocycles. The molecule has 3 N–H and O–H groups in total. The fourth-order valence-electron chi connectivity index (χ4n) is 1.42. The number of amides is 1. The van der Waals surface area contributed by atoms with E-state index >= 15 is 0 Å². The van der Waals surface area contributed by atoms with Crippen LogP contribution in [0, 0.1) is 0 Å². The molecule has 0 aliphatic rings. The van der Waals surface area contributed by atoms with Gasteiger partial charge in [0.25, 0.3) is 0 Å². The molecule has 0 fully saturated rings. The summed E-state index contributed by atoms with van der Waals surface area (Å²) >= 11 is 6.03. The van der Waals surface area contributed by atoms with Crippen LogP contribution in [-0.2, 0) is 11.2 Å². The first-order chi connectivity index (χ1) is 7.50. The number of hydrogen-bond donors (Lipinski definition) is 2. The second kappa shape index (κ2) is 5.87. The lowest BCUT2D eigenvalue weighted by atomic mass is 10.1. The summed E-state index contributed by atoms with van der Waals surface area (Å²) in [6, 6.07) is 7.17. The van der Waals surface area contributed by atoms with Crippen LogP contribution in [0.5, 0.6) is 0 Å². The molecule has 1 amide bonds. The van der Waals surface area contributed by atoms with Gasteiger partial charge in [-0.05, 0) is 31.9 Å². The number of carbonyl (C=O) groups excluding carboxylic acids is 1. The van der Waals surface area contributed by atoms with Crippen molar-refractivity contribution in [2.24, 2.45) is 5.73 Å². The minimum Gasteiger partial charge on any atom is -0.352 e. The molecule has 0 aromatic heterocycles. The van der Waals surface area contributed by atoms with Crippen molar-refractivity contribution in [3.05, 3.63) is 34.9 Å². The van der Waals surface area contributed by atoms with Crippen LogP contribution in [0.3, 0.4) is 0 Å². The number of rotatable bonds is 4. The van der Waals surface area contributed by atoms with Crippen molar-refractivity contribution in [2.75, 3.05) is 0 Å². The molecule has 1 aromatic rings. The lowest BCUT2D eigenvalue weighted by Crippen LogP contribution is -2.43. The van der Waals surface area contributed by atoms with Crippen molar-refractivity contribution < 1.29 is 4.79 Å². The molecule has 0 aliphatic heterocycles. The first kappa shape index (κ1) is 13.0. The number of benzene rings is 1. The summed E-state index contributed by atoms with van der Waals surface area (Å²) in [6.07, 6.45) is 0.706. The smallest absolute Gasteiger partial charge is 0.236 e. The number of nitrogens with one attached hydrogen (secondary N) is 1. The molecular weight excluding hydrogens is 224 g/mol. The van der Waals surface area contributed by atoms with Crippen LogP contribution in [-0.4, -0.2) is 18.0 Å². The Hall–Kier alpha value is -1.06. The van der Waals surface area contributed by atoms with Crippen molar-refractivity contribution in [3.63, 3.8) is 0 Å². The predicted octanol–water partition coefficient (Wildman–Crippen LogP) is 1.73. The van der Waals surface area contributed by atoms with Crippen LogP contribution in [0.15, 0.2) is 24.3 Å². The molecule has 0 saturated heterocycles. The first-order valence-electron chi connectivity index (χ1n) is 5.30. The van der Waals surface area contributed by atoms with Gasteiger partial charge in [0.15, 0.2) is 0 Å². The Labute approximate surface area is 101 Å². The third-order valence-corrected chi connectivity index (χ3v) is 2.65. The Kier molecular flexibility index (Phi) is 4.77. The number of hydrogen-bond acceptors (Lipinski definition) is 2. The van der Waals surface area contributed by atoms with E-state index in [4.69, 9.17) is 17.3 Å². The second-order valence-corrected chi connectivity index (χ2v) is 4.40. The van der Waals surface area contributed by atoms with Gasteiger partial charge in [-0.25, -0.2) is 0 Å². The lowest BCUT2D eigenvalue weighted by molar-refractivity contribution is -0.122. The molecule has 0 spiro atoms. The fraction of sp³-hybridized carbons (Fsp3) is 0.417. The van der Waals surface area contributed by atoms with Gasteiger partial charge in [-0.3, -0.25) is 4.79 Å². The SMILES string of the molecule is CC(Cc1ccccc1Cl)NC(=O)[C@H](C)N. The Morgan fingerprint density at radius 2 is 2.06 bits per heavy atom. The molecule has 0 heterocycles. The van der Waals surface area contributed by atoms with E-state index in [0.29, 0.717) is 6.42 Å². The molecule has 3 nitrogen and oxygen atoms in total. The van der Waals surface area contributed by atoms with E-state index < -0.39 is 6.04 Å². The van der Waals surface area contributed by atoms with Crippen molar-refractivity contribution in [1.29, 1.82) is 0 Å². The highest BCUT2D eigenvalue weighted by Gasteiger charge is 2.12. The standard InChI is InChI=1S/C12H17ClN2O/c1-8(15-12(16)9(2)14)7-10-5-3-4-6-11(10)13/h3-6,8-9H,7,14H2,1-2H3,(H,15,16)/t8?,9-/m0/s1. The minimum absolute atomic E-state index is 0.0263. The average molecular weight is 241 g/mol. The summed E-state index contributed by atoms with van der Waals surface area (Å²) in [5, 5.41) is 3.56. The zero-order valence-electron chi connectivity index (χ0n) is 9.53. The Morgan fingerprint density at radius 3 is 2.62 bits per heavy atom. The van der Waals surface area contributed by atoms with Gasteiger partial charge in [0.1, 0.15) is 0 Å². The van der Waals surface area contributed by atoms with E-state index in [-0.39, 0.29) is 11.9 Å². The number of nitrogens with two attached hydrogens (primary N) is 1. The summed E-state index contributed by atoms with van der Waals surface area (Å²) in [5.41, 5.74) is 6.50. The Morgan fingerprint density at radius 1 is 1.44 bits per heavy atom. The van der Waals surface area contributed by atoms with Crippen LogP contribution in [0.25, 0.3) is 0 Å². The molecule has 1 aromatic carbocycles. The molecule has 0 radical (unpaired) electrons. The van der Waals surface area contributed by atoms with Crippen LogP contribution in [0.1, 0.15) is 19.4 Å². The zero-order chi connectivity index (χ0) is 12.1. The monoisotopic (exact) mass is 240 g/mol. The van der Waals surface area contributed by atoms with Gasteiger partial charge < -0.3 is 11.1 Å². The highest BCUT2D eigenvalue weighted by atomic mass is 35.5. The maximum atomic E-state index is 11.4. The normalized spacial score (nSPS) is 14.2. The van der Waals surface area contributed by atoms with Crippen molar-refractivity contribution in [2.45, 2.75) is 32.4 Å². The molecule has 4 heteroatoms. The summed E-state index contributed by atoms with van der Waals surface area (Å²) in [7, 11) is 0. The van der Waals surface area contributed by atoms with E-state index in [1.54, 1.807) is 6.92 Å². The summed E-state index contributed by atoms with van der Waals surface area (Å²) in [5.74, 6) is -0.139. The van der Waals surface area contributed by atoms with E-state index in [1.807, 2.05) is 31.2 Å². The van der Waals surface area contributed by atoms with Crippen LogP contribution >= 0.6 is 11.6 Å².